The molecule has 1 N–H and O–H groups in total. The van der Waals surface area contributed by atoms with Crippen molar-refractivity contribution in [1.82, 2.24) is 0 Å². The van der Waals surface area contributed by atoms with Crippen molar-refractivity contribution in [3.63, 3.8) is 0 Å². The van der Waals surface area contributed by atoms with E-state index in [4.69, 9.17) is 0 Å². The first-order valence-electron chi connectivity index (χ1n) is 4.74. The number of amides is 2. The number of anilines is 1. The van der Waals surface area contributed by atoms with Gasteiger partial charge in [-0.05, 0) is 12.1 Å². The van der Waals surface area contributed by atoms with E-state index >= 15 is 0 Å². The Kier molecular flexibility index (Phi) is 2.86. The van der Waals surface area contributed by atoms with Crippen LogP contribution in [0.2, 0.25) is 0 Å². The molecule has 0 aromatic heterocycles. The van der Waals surface area contributed by atoms with Gasteiger partial charge in [0.1, 0.15) is 5.84 Å². The average molecular weight is 215 g/mol. The molecule has 1 aromatic carbocycles. The molecule has 0 unspecified atom stereocenters. The van der Waals surface area contributed by atoms with Gasteiger partial charge in [-0.15, -0.1) is 0 Å². The van der Waals surface area contributed by atoms with Crippen LogP contribution in [0.3, 0.4) is 0 Å². The van der Waals surface area contributed by atoms with Gasteiger partial charge in [-0.25, -0.2) is 4.99 Å². The molecule has 0 saturated heterocycles. The number of benzene rings is 1. The van der Waals surface area contributed by atoms with Gasteiger partial charge < -0.3 is 5.32 Å². The van der Waals surface area contributed by atoms with Crippen molar-refractivity contribution < 1.29 is 9.59 Å². The third-order valence-corrected chi connectivity index (χ3v) is 1.94. The van der Waals surface area contributed by atoms with Crippen LogP contribution in [0.25, 0.3) is 0 Å². The molecule has 0 aliphatic carbocycles. The zero-order valence-corrected chi connectivity index (χ0v) is 8.38. The molecular formula is C11H9N3O2. The lowest BCUT2D eigenvalue weighted by molar-refractivity contribution is -0.115. The van der Waals surface area contributed by atoms with E-state index in [2.05, 4.69) is 15.3 Å². The molecule has 0 fully saturated rings. The monoisotopic (exact) mass is 215 g/mol. The third kappa shape index (κ3) is 2.60. The van der Waals surface area contributed by atoms with Crippen LogP contribution >= 0.6 is 0 Å². The molecule has 2 amide bonds. The quantitative estimate of drug-likeness (QED) is 0.817. The lowest BCUT2D eigenvalue weighted by Crippen LogP contribution is -2.14. The van der Waals surface area contributed by atoms with Crippen molar-refractivity contribution in [2.24, 2.45) is 9.98 Å². The van der Waals surface area contributed by atoms with Crippen LogP contribution in [0, 0.1) is 0 Å². The summed E-state index contributed by atoms with van der Waals surface area (Å²) in [5.41, 5.74) is 0.710. The maximum atomic E-state index is 11.5. The number of nitrogens with one attached hydrogen (secondary N) is 1. The van der Waals surface area contributed by atoms with Gasteiger partial charge in [0.2, 0.25) is 5.91 Å². The number of rotatable bonds is 3. The summed E-state index contributed by atoms with van der Waals surface area (Å²) >= 11 is 0. The van der Waals surface area contributed by atoms with Crippen molar-refractivity contribution in [1.29, 1.82) is 0 Å². The topological polar surface area (TPSA) is 70.9 Å². The van der Waals surface area contributed by atoms with Crippen molar-refractivity contribution in [2.45, 2.75) is 6.42 Å². The molecule has 0 atom stereocenters. The highest BCUT2D eigenvalue weighted by Gasteiger charge is 2.12. The molecule has 2 rings (SSSR count). The van der Waals surface area contributed by atoms with Crippen molar-refractivity contribution in [3.05, 3.63) is 30.3 Å². The molecule has 5 nitrogen and oxygen atoms in total. The van der Waals surface area contributed by atoms with Gasteiger partial charge in [0.05, 0.1) is 12.6 Å². The van der Waals surface area contributed by atoms with Gasteiger partial charge in [0.15, 0.2) is 0 Å². The fraction of sp³-hybridized carbons (Fsp3) is 0.0909. The summed E-state index contributed by atoms with van der Waals surface area (Å²) in [5.74, 6) is -0.405. The van der Waals surface area contributed by atoms with Crippen LogP contribution in [0.5, 0.6) is 0 Å². The highest BCUT2D eigenvalue weighted by Crippen LogP contribution is 2.06. The Hall–Kier alpha value is -2.30. The second kappa shape index (κ2) is 4.48. The molecule has 1 aliphatic rings. The van der Waals surface area contributed by atoms with Crippen molar-refractivity contribution in [3.8, 4) is 0 Å². The first kappa shape index (κ1) is 10.2. The minimum absolute atomic E-state index is 0.0110. The largest absolute Gasteiger partial charge is 0.326 e. The molecule has 5 heteroatoms. The number of aliphatic imine (C=N–C) groups is 2. The molecule has 0 saturated carbocycles. The fourth-order valence-electron chi connectivity index (χ4n) is 1.27. The minimum Gasteiger partial charge on any atom is -0.326 e. The van der Waals surface area contributed by atoms with Crippen molar-refractivity contribution in [2.75, 3.05) is 5.32 Å². The predicted molar refractivity (Wildman–Crippen MR) is 60.6 cm³/mol. The van der Waals surface area contributed by atoms with Gasteiger partial charge in [0, 0.05) is 5.69 Å². The predicted octanol–water partition coefficient (Wildman–Crippen LogP) is 1.02. The summed E-state index contributed by atoms with van der Waals surface area (Å²) in [5, 5.41) is 2.68. The van der Waals surface area contributed by atoms with Crippen LogP contribution in [-0.4, -0.2) is 23.9 Å². The minimum atomic E-state index is -0.414. The van der Waals surface area contributed by atoms with Crippen LogP contribution in [0.15, 0.2) is 40.3 Å². The molecule has 16 heavy (non-hydrogen) atoms. The molecule has 0 spiro atoms. The normalized spacial score (nSPS) is 13.8. The summed E-state index contributed by atoms with van der Waals surface area (Å²) in [6, 6.07) is 9.07. The lowest BCUT2D eigenvalue weighted by atomic mass is 10.3. The number of para-hydroxylation sites is 1. The van der Waals surface area contributed by atoms with Crippen LogP contribution in [0.4, 0.5) is 5.69 Å². The summed E-state index contributed by atoms with van der Waals surface area (Å²) in [6.07, 6.45) is 1.11. The average Bonchev–Trinajstić information content (AvgIpc) is 2.65. The van der Waals surface area contributed by atoms with Gasteiger partial charge >= 0.3 is 0 Å². The maximum Gasteiger partial charge on any atom is 0.289 e. The third-order valence-electron chi connectivity index (χ3n) is 1.94. The number of carbonyl (C=O) groups is 2. The van der Waals surface area contributed by atoms with E-state index in [1.165, 1.54) is 0 Å². The number of hydrogen-bond donors (Lipinski definition) is 1. The molecule has 1 aliphatic heterocycles. The molecule has 0 bridgehead atoms. The van der Waals surface area contributed by atoms with Gasteiger partial charge in [-0.3, -0.25) is 9.59 Å². The van der Waals surface area contributed by atoms with E-state index in [-0.39, 0.29) is 18.2 Å². The first-order chi connectivity index (χ1) is 7.74. The Labute approximate surface area is 91.9 Å². The van der Waals surface area contributed by atoms with Gasteiger partial charge in [0.25, 0.3) is 5.91 Å². The standard InChI is InChI=1S/C11H9N3O2/c15-10(6-9-12-7-11(16)14-9)13-8-4-2-1-3-5-8/h1-5,7H,6H2,(H,13,15). The van der Waals surface area contributed by atoms with Crippen LogP contribution in [0.1, 0.15) is 6.42 Å². The second-order valence-electron chi connectivity index (χ2n) is 3.22. The Morgan fingerprint density at radius 3 is 2.62 bits per heavy atom. The first-order valence-corrected chi connectivity index (χ1v) is 4.74. The smallest absolute Gasteiger partial charge is 0.289 e. The molecule has 0 radical (unpaired) electrons. The number of nitrogens with zero attached hydrogens (tertiary/aromatic N) is 2. The van der Waals surface area contributed by atoms with Crippen molar-refractivity contribution >= 4 is 29.6 Å². The Morgan fingerprint density at radius 2 is 2.00 bits per heavy atom. The zero-order valence-electron chi connectivity index (χ0n) is 8.38. The zero-order chi connectivity index (χ0) is 11.4. The molecule has 1 aromatic rings. The summed E-state index contributed by atoms with van der Waals surface area (Å²) in [7, 11) is 0. The van der Waals surface area contributed by atoms with Crippen LogP contribution in [-0.2, 0) is 9.59 Å². The summed E-state index contributed by atoms with van der Waals surface area (Å²) in [4.78, 5) is 29.5. The van der Waals surface area contributed by atoms with Crippen LogP contribution < -0.4 is 5.32 Å². The van der Waals surface area contributed by atoms with E-state index < -0.39 is 5.91 Å². The lowest BCUT2D eigenvalue weighted by Gasteiger charge is -2.02. The molecule has 1 heterocycles. The number of amidine groups is 1. The van der Waals surface area contributed by atoms with E-state index in [1.807, 2.05) is 18.2 Å². The van der Waals surface area contributed by atoms with E-state index in [0.29, 0.717) is 5.69 Å². The SMILES string of the molecule is O=C1C=NC(CC(=O)Nc2ccccc2)=N1. The van der Waals surface area contributed by atoms with Gasteiger partial charge in [-0.2, -0.15) is 4.99 Å². The summed E-state index contributed by atoms with van der Waals surface area (Å²) in [6.45, 7) is 0. The fourth-order valence-corrected chi connectivity index (χ4v) is 1.27. The Bertz CT molecular complexity index is 477. The highest BCUT2D eigenvalue weighted by atomic mass is 16.2. The van der Waals surface area contributed by atoms with Gasteiger partial charge in [-0.1, -0.05) is 18.2 Å². The van der Waals surface area contributed by atoms with E-state index in [1.54, 1.807) is 12.1 Å². The number of carbonyl (C=O) groups excluding carboxylic acids is 2. The molecular weight excluding hydrogens is 206 g/mol. The Morgan fingerprint density at radius 1 is 1.25 bits per heavy atom. The molecule has 80 valence electrons. The Balaban J connectivity index is 1.93. The highest BCUT2D eigenvalue weighted by molar-refractivity contribution is 6.35. The second-order valence-corrected chi connectivity index (χ2v) is 3.22. The van der Waals surface area contributed by atoms with E-state index in [0.717, 1.165) is 6.21 Å². The summed E-state index contributed by atoms with van der Waals surface area (Å²) < 4.78 is 0. The number of hydrogen-bond acceptors (Lipinski definition) is 3. The van der Waals surface area contributed by atoms with E-state index in [9.17, 15) is 9.59 Å². The maximum absolute atomic E-state index is 11.5.